The molecule has 1 atom stereocenters. The van der Waals surface area contributed by atoms with E-state index in [9.17, 15) is 4.79 Å². The van der Waals surface area contributed by atoms with Crippen molar-refractivity contribution < 1.29 is 4.79 Å². The standard InChI is InChI=1S/C24H32N2O/c1-17-5-8-21(9-6-17)16-26-13-11-22(12-14-26)24(27)25-20(4)23-10-7-18(2)15-19(23)3/h5-10,15,20,22H,11-14,16H2,1-4H3,(H,25,27)/t20-/m0/s1. The highest BCUT2D eigenvalue weighted by molar-refractivity contribution is 5.79. The van der Waals surface area contributed by atoms with Crippen LogP contribution in [0.15, 0.2) is 42.5 Å². The Morgan fingerprint density at radius 2 is 1.67 bits per heavy atom. The first-order valence-corrected chi connectivity index (χ1v) is 10.1. The maximum absolute atomic E-state index is 12.7. The molecule has 1 fully saturated rings. The molecular formula is C24H32N2O. The molecule has 0 radical (unpaired) electrons. The number of nitrogens with zero attached hydrogens (tertiary/aromatic N) is 1. The first kappa shape index (κ1) is 19.6. The van der Waals surface area contributed by atoms with E-state index >= 15 is 0 Å². The van der Waals surface area contributed by atoms with Crippen LogP contribution in [0.5, 0.6) is 0 Å². The molecule has 1 aliphatic heterocycles. The molecule has 0 unspecified atom stereocenters. The van der Waals surface area contributed by atoms with Crippen LogP contribution in [0.2, 0.25) is 0 Å². The lowest BCUT2D eigenvalue weighted by Crippen LogP contribution is -2.41. The molecule has 0 saturated carbocycles. The fourth-order valence-electron chi connectivity index (χ4n) is 4.03. The summed E-state index contributed by atoms with van der Waals surface area (Å²) in [6, 6.07) is 15.3. The third-order valence-corrected chi connectivity index (χ3v) is 5.74. The molecule has 0 aliphatic carbocycles. The second kappa shape index (κ2) is 8.71. The Kier molecular flexibility index (Phi) is 6.33. The fraction of sp³-hybridized carbons (Fsp3) is 0.458. The van der Waals surface area contributed by atoms with Gasteiger partial charge in [0.15, 0.2) is 0 Å². The zero-order valence-corrected chi connectivity index (χ0v) is 17.1. The number of likely N-dealkylation sites (tertiary alicyclic amines) is 1. The van der Waals surface area contributed by atoms with E-state index in [4.69, 9.17) is 0 Å². The van der Waals surface area contributed by atoms with Gasteiger partial charge in [-0.15, -0.1) is 0 Å². The number of carbonyl (C=O) groups excluding carboxylic acids is 1. The summed E-state index contributed by atoms with van der Waals surface area (Å²) in [7, 11) is 0. The fourth-order valence-corrected chi connectivity index (χ4v) is 4.03. The first-order valence-electron chi connectivity index (χ1n) is 10.1. The van der Waals surface area contributed by atoms with E-state index in [1.807, 2.05) is 0 Å². The monoisotopic (exact) mass is 364 g/mol. The van der Waals surface area contributed by atoms with Crippen LogP contribution in [-0.4, -0.2) is 23.9 Å². The van der Waals surface area contributed by atoms with Gasteiger partial charge in [-0.1, -0.05) is 53.6 Å². The van der Waals surface area contributed by atoms with Gasteiger partial charge >= 0.3 is 0 Å². The van der Waals surface area contributed by atoms with E-state index in [1.54, 1.807) is 0 Å². The first-order chi connectivity index (χ1) is 12.9. The minimum absolute atomic E-state index is 0.0590. The lowest BCUT2D eigenvalue weighted by atomic mass is 9.94. The Balaban J connectivity index is 1.50. The molecule has 144 valence electrons. The predicted molar refractivity (Wildman–Crippen MR) is 112 cm³/mol. The van der Waals surface area contributed by atoms with Gasteiger partial charge in [-0.2, -0.15) is 0 Å². The molecule has 1 N–H and O–H groups in total. The molecule has 27 heavy (non-hydrogen) atoms. The third kappa shape index (κ3) is 5.20. The van der Waals surface area contributed by atoms with Crippen LogP contribution in [0, 0.1) is 26.7 Å². The summed E-state index contributed by atoms with van der Waals surface area (Å²) in [4.78, 5) is 15.2. The summed E-state index contributed by atoms with van der Waals surface area (Å²) in [6.45, 7) is 11.4. The molecule has 0 bridgehead atoms. The number of amides is 1. The second-order valence-electron chi connectivity index (χ2n) is 8.13. The Bertz CT molecular complexity index is 773. The highest BCUT2D eigenvalue weighted by Gasteiger charge is 2.26. The summed E-state index contributed by atoms with van der Waals surface area (Å²) in [6.07, 6.45) is 1.88. The zero-order valence-electron chi connectivity index (χ0n) is 17.1. The van der Waals surface area contributed by atoms with Crippen LogP contribution >= 0.6 is 0 Å². The summed E-state index contributed by atoms with van der Waals surface area (Å²) in [5.74, 6) is 0.338. The quantitative estimate of drug-likeness (QED) is 0.834. The van der Waals surface area contributed by atoms with Crippen LogP contribution in [0.4, 0.5) is 0 Å². The van der Waals surface area contributed by atoms with Crippen LogP contribution in [0.25, 0.3) is 0 Å². The number of aryl methyl sites for hydroxylation is 3. The average Bonchev–Trinajstić information content (AvgIpc) is 2.64. The lowest BCUT2D eigenvalue weighted by molar-refractivity contribution is -0.127. The lowest BCUT2D eigenvalue weighted by Gasteiger charge is -2.32. The number of hydrogen-bond acceptors (Lipinski definition) is 2. The van der Waals surface area contributed by atoms with Gasteiger partial charge in [0.1, 0.15) is 0 Å². The number of benzene rings is 2. The van der Waals surface area contributed by atoms with Gasteiger partial charge in [0, 0.05) is 12.5 Å². The molecule has 3 heteroatoms. The average molecular weight is 365 g/mol. The van der Waals surface area contributed by atoms with Gasteiger partial charge in [-0.05, 0) is 70.3 Å². The van der Waals surface area contributed by atoms with Crippen molar-refractivity contribution in [2.24, 2.45) is 5.92 Å². The highest BCUT2D eigenvalue weighted by atomic mass is 16.1. The minimum atomic E-state index is 0.0590. The summed E-state index contributed by atoms with van der Waals surface area (Å²) >= 11 is 0. The maximum Gasteiger partial charge on any atom is 0.223 e. The number of hydrogen-bond donors (Lipinski definition) is 1. The molecule has 0 spiro atoms. The van der Waals surface area contributed by atoms with Crippen LogP contribution in [0.3, 0.4) is 0 Å². The second-order valence-corrected chi connectivity index (χ2v) is 8.13. The van der Waals surface area contributed by atoms with Gasteiger partial charge < -0.3 is 5.32 Å². The Morgan fingerprint density at radius 3 is 2.30 bits per heavy atom. The number of carbonyl (C=O) groups is 1. The Hall–Kier alpha value is -2.13. The molecular weight excluding hydrogens is 332 g/mol. The molecule has 1 aliphatic rings. The topological polar surface area (TPSA) is 32.3 Å². The molecule has 1 saturated heterocycles. The van der Waals surface area contributed by atoms with E-state index in [2.05, 4.69) is 80.4 Å². The minimum Gasteiger partial charge on any atom is -0.349 e. The van der Waals surface area contributed by atoms with E-state index in [0.717, 1.165) is 32.5 Å². The molecule has 2 aromatic carbocycles. The van der Waals surface area contributed by atoms with Crippen molar-refractivity contribution in [1.82, 2.24) is 10.2 Å². The third-order valence-electron chi connectivity index (χ3n) is 5.74. The smallest absolute Gasteiger partial charge is 0.223 e. The van der Waals surface area contributed by atoms with Crippen LogP contribution in [0.1, 0.15) is 53.6 Å². The Labute approximate surface area is 163 Å². The van der Waals surface area contributed by atoms with Crippen molar-refractivity contribution in [2.75, 3.05) is 13.1 Å². The van der Waals surface area contributed by atoms with Crippen molar-refractivity contribution in [2.45, 2.75) is 53.1 Å². The maximum atomic E-state index is 12.7. The highest BCUT2D eigenvalue weighted by Crippen LogP contribution is 2.23. The van der Waals surface area contributed by atoms with Gasteiger partial charge in [-0.3, -0.25) is 9.69 Å². The zero-order chi connectivity index (χ0) is 19.4. The molecule has 3 nitrogen and oxygen atoms in total. The van der Waals surface area contributed by atoms with Crippen LogP contribution in [-0.2, 0) is 11.3 Å². The van der Waals surface area contributed by atoms with Crippen molar-refractivity contribution in [3.05, 3.63) is 70.3 Å². The van der Waals surface area contributed by atoms with Crippen molar-refractivity contribution >= 4 is 5.91 Å². The predicted octanol–water partition coefficient (Wildman–Crippen LogP) is 4.70. The summed E-state index contributed by atoms with van der Waals surface area (Å²) in [5.41, 5.74) is 6.37. The molecule has 0 aromatic heterocycles. The normalized spacial score (nSPS) is 16.9. The molecule has 1 heterocycles. The number of rotatable bonds is 5. The van der Waals surface area contributed by atoms with Gasteiger partial charge in [0.05, 0.1) is 6.04 Å². The van der Waals surface area contributed by atoms with Crippen LogP contribution < -0.4 is 5.32 Å². The SMILES string of the molecule is Cc1ccc(CN2CCC(C(=O)N[C@@H](C)c3ccc(C)cc3C)CC2)cc1. The van der Waals surface area contributed by atoms with E-state index < -0.39 is 0 Å². The molecule has 1 amide bonds. The largest absolute Gasteiger partial charge is 0.349 e. The van der Waals surface area contributed by atoms with Gasteiger partial charge in [-0.25, -0.2) is 0 Å². The van der Waals surface area contributed by atoms with Crippen molar-refractivity contribution in [3.63, 3.8) is 0 Å². The molecule has 3 rings (SSSR count). The van der Waals surface area contributed by atoms with E-state index in [0.29, 0.717) is 0 Å². The van der Waals surface area contributed by atoms with Gasteiger partial charge in [0.25, 0.3) is 0 Å². The summed E-state index contributed by atoms with van der Waals surface area (Å²) in [5, 5.41) is 3.24. The van der Waals surface area contributed by atoms with Crippen molar-refractivity contribution in [1.29, 1.82) is 0 Å². The van der Waals surface area contributed by atoms with Gasteiger partial charge in [0.2, 0.25) is 5.91 Å². The summed E-state index contributed by atoms with van der Waals surface area (Å²) < 4.78 is 0. The van der Waals surface area contributed by atoms with E-state index in [-0.39, 0.29) is 17.9 Å². The Morgan fingerprint density at radius 1 is 1.04 bits per heavy atom. The molecule has 2 aromatic rings. The van der Waals surface area contributed by atoms with Crippen molar-refractivity contribution in [3.8, 4) is 0 Å². The number of piperidine rings is 1. The number of nitrogens with one attached hydrogen (secondary N) is 1. The van der Waals surface area contributed by atoms with E-state index in [1.165, 1.54) is 27.8 Å².